The lowest BCUT2D eigenvalue weighted by molar-refractivity contribution is 0.244. The van der Waals surface area contributed by atoms with Gasteiger partial charge in [0.1, 0.15) is 0 Å². The van der Waals surface area contributed by atoms with Crippen molar-refractivity contribution in [2.24, 2.45) is 0 Å². The fourth-order valence-electron chi connectivity index (χ4n) is 2.41. The second-order valence-corrected chi connectivity index (χ2v) is 4.97. The summed E-state index contributed by atoms with van der Waals surface area (Å²) in [6, 6.07) is 21.3. The summed E-state index contributed by atoms with van der Waals surface area (Å²) in [5.74, 6) is 0.382. The monoisotopic (exact) mass is 281 g/mol. The molecule has 2 aromatic rings. The van der Waals surface area contributed by atoms with Gasteiger partial charge in [0.25, 0.3) is 0 Å². The molecule has 0 fully saturated rings. The van der Waals surface area contributed by atoms with Gasteiger partial charge in [-0.3, -0.25) is 0 Å². The minimum Gasteiger partial charge on any atom is -0.502 e. The normalized spacial score (nSPS) is 10.5. The van der Waals surface area contributed by atoms with E-state index in [9.17, 15) is 0 Å². The zero-order valence-electron chi connectivity index (χ0n) is 12.4. The van der Waals surface area contributed by atoms with Crippen LogP contribution in [-0.4, -0.2) is 19.7 Å². The molecule has 0 spiro atoms. The van der Waals surface area contributed by atoms with Gasteiger partial charge in [-0.15, -0.1) is 0 Å². The van der Waals surface area contributed by atoms with Crippen molar-refractivity contribution in [2.75, 3.05) is 19.7 Å². The molecule has 0 atom stereocenters. The first-order chi connectivity index (χ1) is 10.4. The number of ether oxygens (including phenoxy) is 1. The maximum absolute atomic E-state index is 5.13. The topological polar surface area (TPSA) is 21.3 Å². The van der Waals surface area contributed by atoms with E-state index >= 15 is 0 Å². The lowest BCUT2D eigenvalue weighted by Crippen LogP contribution is -2.24. The van der Waals surface area contributed by atoms with E-state index in [0.717, 1.165) is 26.1 Å². The molecule has 2 rings (SSSR count). The smallest absolute Gasteiger partial charge is 0.0885 e. The summed E-state index contributed by atoms with van der Waals surface area (Å²) in [5, 5.41) is 3.53. The van der Waals surface area contributed by atoms with Crippen molar-refractivity contribution in [1.29, 1.82) is 0 Å². The van der Waals surface area contributed by atoms with Crippen LogP contribution in [0.25, 0.3) is 0 Å². The second-order valence-electron chi connectivity index (χ2n) is 4.97. The summed E-state index contributed by atoms with van der Waals surface area (Å²) < 4.78 is 5.13. The summed E-state index contributed by atoms with van der Waals surface area (Å²) in [4.78, 5) is 0. The molecule has 0 heterocycles. The van der Waals surface area contributed by atoms with Crippen LogP contribution in [0.1, 0.15) is 23.5 Å². The lowest BCUT2D eigenvalue weighted by atomic mass is 9.91. The highest BCUT2D eigenvalue weighted by Crippen LogP contribution is 2.23. The molecule has 0 bridgehead atoms. The molecular formula is C19H23NO. The quantitative estimate of drug-likeness (QED) is 0.555. The Kier molecular flexibility index (Phi) is 6.56. The van der Waals surface area contributed by atoms with E-state index in [0.29, 0.717) is 5.92 Å². The van der Waals surface area contributed by atoms with Crippen LogP contribution in [0.5, 0.6) is 0 Å². The Morgan fingerprint density at radius 1 is 0.952 bits per heavy atom. The maximum Gasteiger partial charge on any atom is 0.0885 e. The predicted molar refractivity (Wildman–Crippen MR) is 88.4 cm³/mol. The van der Waals surface area contributed by atoms with E-state index in [4.69, 9.17) is 4.74 Å². The molecule has 1 N–H and O–H groups in total. The lowest BCUT2D eigenvalue weighted by Gasteiger charge is -2.19. The van der Waals surface area contributed by atoms with Gasteiger partial charge >= 0.3 is 0 Å². The molecule has 0 amide bonds. The van der Waals surface area contributed by atoms with E-state index in [1.165, 1.54) is 17.4 Å². The van der Waals surface area contributed by atoms with Gasteiger partial charge in [-0.1, -0.05) is 67.2 Å². The first kappa shape index (κ1) is 15.3. The van der Waals surface area contributed by atoms with E-state index in [1.807, 2.05) is 0 Å². The Morgan fingerprint density at radius 2 is 1.52 bits per heavy atom. The number of rotatable bonds is 9. The van der Waals surface area contributed by atoms with E-state index < -0.39 is 0 Å². The molecule has 2 nitrogen and oxygen atoms in total. The van der Waals surface area contributed by atoms with Crippen LogP contribution < -0.4 is 5.32 Å². The third-order valence-electron chi connectivity index (χ3n) is 3.49. The van der Waals surface area contributed by atoms with Crippen LogP contribution in [-0.2, 0) is 4.74 Å². The van der Waals surface area contributed by atoms with Crippen molar-refractivity contribution < 1.29 is 4.74 Å². The summed E-state index contributed by atoms with van der Waals surface area (Å²) in [6.45, 7) is 6.14. The van der Waals surface area contributed by atoms with Gasteiger partial charge in [-0.2, -0.15) is 0 Å². The van der Waals surface area contributed by atoms with Crippen LogP contribution in [0.3, 0.4) is 0 Å². The molecule has 21 heavy (non-hydrogen) atoms. The van der Waals surface area contributed by atoms with Gasteiger partial charge in [0.05, 0.1) is 12.9 Å². The number of nitrogens with one attached hydrogen (secondary N) is 1. The molecule has 0 radical (unpaired) electrons. The minimum atomic E-state index is 0.382. The highest BCUT2D eigenvalue weighted by molar-refractivity contribution is 5.32. The van der Waals surface area contributed by atoms with Crippen molar-refractivity contribution in [3.8, 4) is 0 Å². The van der Waals surface area contributed by atoms with Crippen molar-refractivity contribution in [2.45, 2.75) is 12.3 Å². The first-order valence-electron chi connectivity index (χ1n) is 7.45. The highest BCUT2D eigenvalue weighted by atomic mass is 16.5. The van der Waals surface area contributed by atoms with Gasteiger partial charge in [0.2, 0.25) is 0 Å². The maximum atomic E-state index is 5.13. The van der Waals surface area contributed by atoms with E-state index in [2.05, 4.69) is 72.6 Å². The van der Waals surface area contributed by atoms with Crippen LogP contribution >= 0.6 is 0 Å². The van der Waals surface area contributed by atoms with Crippen molar-refractivity contribution in [3.63, 3.8) is 0 Å². The molecule has 2 aromatic carbocycles. The molecule has 0 unspecified atom stereocenters. The standard InChI is InChI=1S/C19H23NO/c1-2-21-15-9-14-20-16-19(17-10-5-3-6-11-17)18-12-7-4-8-13-18/h2-8,10-13,19-20H,1,9,14-16H2. The SMILES string of the molecule is C=COCCCNCC(c1ccccc1)c1ccccc1. The van der Waals surface area contributed by atoms with Gasteiger partial charge < -0.3 is 10.1 Å². The van der Waals surface area contributed by atoms with Crippen LogP contribution in [0, 0.1) is 0 Å². The molecule has 0 saturated heterocycles. The average Bonchev–Trinajstić information content (AvgIpc) is 2.56. The molecule has 2 heteroatoms. The van der Waals surface area contributed by atoms with Crippen molar-refractivity contribution >= 4 is 0 Å². The first-order valence-corrected chi connectivity index (χ1v) is 7.45. The summed E-state index contributed by atoms with van der Waals surface area (Å²) >= 11 is 0. The summed E-state index contributed by atoms with van der Waals surface area (Å²) in [7, 11) is 0. The third-order valence-corrected chi connectivity index (χ3v) is 3.49. The molecule has 0 aliphatic carbocycles. The fourth-order valence-corrected chi connectivity index (χ4v) is 2.41. The number of benzene rings is 2. The van der Waals surface area contributed by atoms with E-state index in [-0.39, 0.29) is 0 Å². The van der Waals surface area contributed by atoms with Crippen LogP contribution in [0.4, 0.5) is 0 Å². The summed E-state index contributed by atoms with van der Waals surface area (Å²) in [6.07, 6.45) is 2.49. The Bertz CT molecular complexity index is 470. The van der Waals surface area contributed by atoms with Crippen molar-refractivity contribution in [3.05, 3.63) is 84.6 Å². The summed E-state index contributed by atoms with van der Waals surface area (Å²) in [5.41, 5.74) is 2.69. The molecular weight excluding hydrogens is 258 g/mol. The van der Waals surface area contributed by atoms with E-state index in [1.54, 1.807) is 0 Å². The Labute approximate surface area is 127 Å². The van der Waals surface area contributed by atoms with Gasteiger partial charge in [0.15, 0.2) is 0 Å². The number of hydrogen-bond donors (Lipinski definition) is 1. The largest absolute Gasteiger partial charge is 0.502 e. The van der Waals surface area contributed by atoms with Crippen LogP contribution in [0.15, 0.2) is 73.5 Å². The highest BCUT2D eigenvalue weighted by Gasteiger charge is 2.12. The van der Waals surface area contributed by atoms with Crippen molar-refractivity contribution in [1.82, 2.24) is 5.32 Å². The predicted octanol–water partition coefficient (Wildman–Crippen LogP) is 3.96. The molecule has 0 aliphatic heterocycles. The molecule has 110 valence electrons. The zero-order chi connectivity index (χ0) is 14.8. The van der Waals surface area contributed by atoms with Crippen LogP contribution in [0.2, 0.25) is 0 Å². The van der Waals surface area contributed by atoms with Gasteiger partial charge in [0, 0.05) is 12.5 Å². The Hall–Kier alpha value is -2.06. The molecule has 0 saturated carbocycles. The van der Waals surface area contributed by atoms with Gasteiger partial charge in [-0.25, -0.2) is 0 Å². The third kappa shape index (κ3) is 5.09. The molecule has 0 aliphatic rings. The second kappa shape index (κ2) is 8.98. The minimum absolute atomic E-state index is 0.382. The molecule has 0 aromatic heterocycles. The Balaban J connectivity index is 1.95. The fraction of sp³-hybridized carbons (Fsp3) is 0.263. The Morgan fingerprint density at radius 3 is 2.05 bits per heavy atom. The van der Waals surface area contributed by atoms with Gasteiger partial charge in [-0.05, 0) is 24.1 Å². The average molecular weight is 281 g/mol. The zero-order valence-corrected chi connectivity index (χ0v) is 12.4. The number of hydrogen-bond acceptors (Lipinski definition) is 2.